The van der Waals surface area contributed by atoms with Gasteiger partial charge in [0.05, 0.1) is 0 Å². The van der Waals surface area contributed by atoms with E-state index in [1.807, 2.05) is 26.0 Å². The quantitative estimate of drug-likeness (QED) is 0.721. The van der Waals surface area contributed by atoms with Gasteiger partial charge in [-0.2, -0.15) is 9.97 Å². The number of benzene rings is 2. The molecule has 0 aliphatic carbocycles. The first-order valence-corrected chi connectivity index (χ1v) is 7.73. The summed E-state index contributed by atoms with van der Waals surface area (Å²) in [5.74, 6) is 2.22. The van der Waals surface area contributed by atoms with E-state index in [0.29, 0.717) is 0 Å². The third-order valence-corrected chi connectivity index (χ3v) is 3.56. The van der Waals surface area contributed by atoms with Crippen LogP contribution in [0.5, 0.6) is 0 Å². The summed E-state index contributed by atoms with van der Waals surface area (Å²) in [6.45, 7) is 5.33. The largest absolute Gasteiger partial charge is 0.332 e. The van der Waals surface area contributed by atoms with Gasteiger partial charge in [-0.05, 0) is 25.0 Å². The molecule has 1 aromatic heterocycles. The molecule has 1 heterocycles. The van der Waals surface area contributed by atoms with E-state index < -0.39 is 0 Å². The second-order valence-corrected chi connectivity index (χ2v) is 5.56. The van der Waals surface area contributed by atoms with Crippen molar-refractivity contribution in [3.63, 3.8) is 0 Å². The van der Waals surface area contributed by atoms with Gasteiger partial charge in [0, 0.05) is 13.1 Å². The molecule has 4 heteroatoms. The molecule has 0 radical (unpaired) electrons. The minimum Gasteiger partial charge on any atom is -0.332 e. The molecule has 0 saturated carbocycles. The third kappa shape index (κ3) is 4.13. The standard InChI is InChI=1S/C19H20N4/c1-15-20-16(2)22-19(21-15)23(13-17-9-5-3-6-10-17)14-18-11-7-4-8-12-18/h3-12H,13-14H2,1-2H3. The van der Waals surface area contributed by atoms with E-state index in [4.69, 9.17) is 0 Å². The predicted octanol–water partition coefficient (Wildman–Crippen LogP) is 3.70. The summed E-state index contributed by atoms with van der Waals surface area (Å²) < 4.78 is 0. The van der Waals surface area contributed by atoms with E-state index in [9.17, 15) is 0 Å². The van der Waals surface area contributed by atoms with Crippen LogP contribution in [0.15, 0.2) is 60.7 Å². The van der Waals surface area contributed by atoms with Gasteiger partial charge < -0.3 is 4.90 Å². The molecule has 4 nitrogen and oxygen atoms in total. The zero-order valence-corrected chi connectivity index (χ0v) is 13.5. The fourth-order valence-corrected chi connectivity index (χ4v) is 2.54. The van der Waals surface area contributed by atoms with E-state index in [0.717, 1.165) is 30.7 Å². The van der Waals surface area contributed by atoms with Gasteiger partial charge in [-0.3, -0.25) is 0 Å². The van der Waals surface area contributed by atoms with E-state index in [2.05, 4.69) is 68.4 Å². The van der Waals surface area contributed by atoms with Crippen LogP contribution in [0.4, 0.5) is 5.95 Å². The van der Waals surface area contributed by atoms with E-state index in [-0.39, 0.29) is 0 Å². The van der Waals surface area contributed by atoms with Crippen LogP contribution in [-0.4, -0.2) is 15.0 Å². The van der Waals surface area contributed by atoms with Crippen molar-refractivity contribution in [2.75, 3.05) is 4.90 Å². The molecule has 23 heavy (non-hydrogen) atoms. The first-order valence-electron chi connectivity index (χ1n) is 7.73. The summed E-state index contributed by atoms with van der Waals surface area (Å²) in [5.41, 5.74) is 2.47. The van der Waals surface area contributed by atoms with Gasteiger partial charge >= 0.3 is 0 Å². The summed E-state index contributed by atoms with van der Waals surface area (Å²) >= 11 is 0. The number of nitrogens with zero attached hydrogens (tertiary/aromatic N) is 4. The Morgan fingerprint density at radius 2 is 1.09 bits per heavy atom. The highest BCUT2D eigenvalue weighted by Gasteiger charge is 2.13. The van der Waals surface area contributed by atoms with Crippen LogP contribution >= 0.6 is 0 Å². The smallest absolute Gasteiger partial charge is 0.229 e. The normalized spacial score (nSPS) is 10.5. The molecule has 2 aromatic carbocycles. The number of hydrogen-bond acceptors (Lipinski definition) is 4. The summed E-state index contributed by atoms with van der Waals surface area (Å²) in [7, 11) is 0. The molecule has 116 valence electrons. The highest BCUT2D eigenvalue weighted by atomic mass is 15.3. The monoisotopic (exact) mass is 304 g/mol. The minimum atomic E-state index is 0.725. The van der Waals surface area contributed by atoms with Gasteiger partial charge in [0.1, 0.15) is 11.6 Å². The van der Waals surface area contributed by atoms with E-state index in [1.165, 1.54) is 11.1 Å². The molecule has 0 amide bonds. The molecule has 3 aromatic rings. The molecule has 0 saturated heterocycles. The molecule has 0 fully saturated rings. The Balaban J connectivity index is 1.92. The topological polar surface area (TPSA) is 41.9 Å². The van der Waals surface area contributed by atoms with Crippen LogP contribution in [0.25, 0.3) is 0 Å². The average Bonchev–Trinajstić information content (AvgIpc) is 2.55. The minimum absolute atomic E-state index is 0.725. The van der Waals surface area contributed by atoms with Crippen LogP contribution in [0.2, 0.25) is 0 Å². The van der Waals surface area contributed by atoms with Crippen LogP contribution in [0.1, 0.15) is 22.8 Å². The van der Waals surface area contributed by atoms with E-state index in [1.54, 1.807) is 0 Å². The van der Waals surface area contributed by atoms with Gasteiger partial charge in [-0.15, -0.1) is 0 Å². The van der Waals surface area contributed by atoms with Crippen molar-refractivity contribution in [2.24, 2.45) is 0 Å². The molecule has 0 spiro atoms. The molecule has 3 rings (SSSR count). The maximum absolute atomic E-state index is 4.53. The Morgan fingerprint density at radius 3 is 1.52 bits per heavy atom. The van der Waals surface area contributed by atoms with Crippen molar-refractivity contribution in [1.29, 1.82) is 0 Å². The maximum atomic E-state index is 4.53. The first-order chi connectivity index (χ1) is 11.2. The third-order valence-electron chi connectivity index (χ3n) is 3.56. The molecule has 0 atom stereocenters. The first kappa shape index (κ1) is 15.2. The number of hydrogen-bond donors (Lipinski definition) is 0. The predicted molar refractivity (Wildman–Crippen MR) is 92.1 cm³/mol. The van der Waals surface area contributed by atoms with E-state index >= 15 is 0 Å². The number of aryl methyl sites for hydroxylation is 2. The van der Waals surface area contributed by atoms with Gasteiger partial charge in [0.15, 0.2) is 0 Å². The summed E-state index contributed by atoms with van der Waals surface area (Å²) in [5, 5.41) is 0. The summed E-state index contributed by atoms with van der Waals surface area (Å²) in [6, 6.07) is 20.8. The Morgan fingerprint density at radius 1 is 0.652 bits per heavy atom. The molecule has 0 aliphatic heterocycles. The second kappa shape index (κ2) is 7.01. The summed E-state index contributed by atoms with van der Waals surface area (Å²) in [6.07, 6.45) is 0. The molecule has 0 N–H and O–H groups in total. The van der Waals surface area contributed by atoms with Crippen LogP contribution in [-0.2, 0) is 13.1 Å². The highest BCUT2D eigenvalue weighted by Crippen LogP contribution is 2.16. The lowest BCUT2D eigenvalue weighted by Crippen LogP contribution is -2.25. The average molecular weight is 304 g/mol. The number of aromatic nitrogens is 3. The summed E-state index contributed by atoms with van der Waals surface area (Å²) in [4.78, 5) is 15.5. The van der Waals surface area contributed by atoms with Gasteiger partial charge in [0.2, 0.25) is 5.95 Å². The fraction of sp³-hybridized carbons (Fsp3) is 0.211. The lowest BCUT2D eigenvalue weighted by Gasteiger charge is -2.23. The fourth-order valence-electron chi connectivity index (χ4n) is 2.54. The van der Waals surface area contributed by atoms with Gasteiger partial charge in [0.25, 0.3) is 0 Å². The Kier molecular flexibility index (Phi) is 4.62. The molecule has 0 bridgehead atoms. The number of anilines is 1. The SMILES string of the molecule is Cc1nc(C)nc(N(Cc2ccccc2)Cc2ccccc2)n1. The van der Waals surface area contributed by atoms with Crippen LogP contribution < -0.4 is 4.90 Å². The zero-order chi connectivity index (χ0) is 16.1. The maximum Gasteiger partial charge on any atom is 0.229 e. The lowest BCUT2D eigenvalue weighted by atomic mass is 10.2. The van der Waals surface area contributed by atoms with Crippen molar-refractivity contribution < 1.29 is 0 Å². The van der Waals surface area contributed by atoms with Crippen molar-refractivity contribution in [3.8, 4) is 0 Å². The van der Waals surface area contributed by atoms with Gasteiger partial charge in [-0.25, -0.2) is 4.98 Å². The molecule has 0 aliphatic rings. The highest BCUT2D eigenvalue weighted by molar-refractivity contribution is 5.34. The van der Waals surface area contributed by atoms with Crippen molar-refractivity contribution in [3.05, 3.63) is 83.4 Å². The Bertz CT molecular complexity index is 695. The van der Waals surface area contributed by atoms with Crippen molar-refractivity contribution in [1.82, 2.24) is 15.0 Å². The van der Waals surface area contributed by atoms with Crippen molar-refractivity contribution >= 4 is 5.95 Å². The molecular formula is C19H20N4. The Labute approximate surface area is 136 Å². The Hall–Kier alpha value is -2.75. The second-order valence-electron chi connectivity index (χ2n) is 5.56. The van der Waals surface area contributed by atoms with Crippen LogP contribution in [0.3, 0.4) is 0 Å². The van der Waals surface area contributed by atoms with Gasteiger partial charge in [-0.1, -0.05) is 60.7 Å². The zero-order valence-electron chi connectivity index (χ0n) is 13.5. The number of rotatable bonds is 5. The van der Waals surface area contributed by atoms with Crippen LogP contribution in [0, 0.1) is 13.8 Å². The molecule has 0 unspecified atom stereocenters. The molecular weight excluding hydrogens is 284 g/mol. The lowest BCUT2D eigenvalue weighted by molar-refractivity contribution is 0.743. The van der Waals surface area contributed by atoms with Crippen molar-refractivity contribution in [2.45, 2.75) is 26.9 Å².